The molecule has 170 valence electrons. The number of rotatable bonds is 4. The van der Waals surface area contributed by atoms with Crippen LogP contribution in [0.3, 0.4) is 0 Å². The Balaban J connectivity index is 1.49. The van der Waals surface area contributed by atoms with Gasteiger partial charge in [0.2, 0.25) is 5.95 Å². The highest BCUT2D eigenvalue weighted by molar-refractivity contribution is 7.20. The largest absolute Gasteiger partial charge is 0.384 e. The van der Waals surface area contributed by atoms with Gasteiger partial charge in [-0.2, -0.15) is 4.98 Å². The molecule has 6 nitrogen and oxygen atoms in total. The van der Waals surface area contributed by atoms with Gasteiger partial charge in [0.05, 0.1) is 29.0 Å². The van der Waals surface area contributed by atoms with Gasteiger partial charge in [0.25, 0.3) is 0 Å². The number of fused-ring (bicyclic) bond motifs is 1. The highest BCUT2D eigenvalue weighted by Crippen LogP contribution is 2.49. The molecule has 2 fully saturated rings. The predicted molar refractivity (Wildman–Crippen MR) is 132 cm³/mol. The molecule has 0 radical (unpaired) electrons. The number of morpholine rings is 1. The van der Waals surface area contributed by atoms with Crippen LogP contribution in [-0.2, 0) is 10.3 Å². The summed E-state index contributed by atoms with van der Waals surface area (Å²) in [6.07, 6.45) is 6.85. The maximum atomic E-state index is 11.1. The van der Waals surface area contributed by atoms with Gasteiger partial charge >= 0.3 is 0 Å². The molecule has 0 amide bonds. The molecule has 6 rings (SSSR count). The van der Waals surface area contributed by atoms with Crippen LogP contribution in [0.5, 0.6) is 0 Å². The third-order valence-corrected chi connectivity index (χ3v) is 8.40. The lowest BCUT2D eigenvalue weighted by molar-refractivity contribution is -0.0358. The average Bonchev–Trinajstić information content (AvgIpc) is 3.43. The van der Waals surface area contributed by atoms with E-state index in [1.165, 1.54) is 11.1 Å². The molecule has 1 saturated heterocycles. The van der Waals surface area contributed by atoms with Crippen LogP contribution in [0.4, 0.5) is 5.82 Å². The third-order valence-electron chi connectivity index (χ3n) is 6.92. The molecule has 0 spiro atoms. The summed E-state index contributed by atoms with van der Waals surface area (Å²) >= 11 is 1.67. The zero-order valence-electron chi connectivity index (χ0n) is 19.0. The van der Waals surface area contributed by atoms with E-state index in [0.717, 1.165) is 64.4 Å². The van der Waals surface area contributed by atoms with Crippen LogP contribution in [-0.4, -0.2) is 45.9 Å². The topological polar surface area (TPSA) is 63.4 Å². The van der Waals surface area contributed by atoms with E-state index in [2.05, 4.69) is 55.3 Å². The van der Waals surface area contributed by atoms with Gasteiger partial charge in [-0.15, -0.1) is 11.3 Å². The second kappa shape index (κ2) is 7.94. The molecule has 2 aliphatic rings. The van der Waals surface area contributed by atoms with Crippen molar-refractivity contribution in [2.24, 2.45) is 0 Å². The Bertz CT molecular complexity index is 1330. The number of nitrogens with zero attached hydrogens (tertiary/aromatic N) is 4. The molecule has 4 heterocycles. The minimum atomic E-state index is -0.705. The number of anilines is 1. The van der Waals surface area contributed by atoms with Crippen molar-refractivity contribution in [1.29, 1.82) is 0 Å². The second-order valence-corrected chi connectivity index (χ2v) is 10.3. The summed E-state index contributed by atoms with van der Waals surface area (Å²) in [6.45, 7) is 7.22. The first-order chi connectivity index (χ1) is 16.0. The van der Waals surface area contributed by atoms with E-state index in [0.29, 0.717) is 19.2 Å². The average molecular weight is 461 g/mol. The Kier molecular flexibility index (Phi) is 5.01. The van der Waals surface area contributed by atoms with E-state index in [1.807, 2.05) is 10.8 Å². The molecule has 1 aromatic carbocycles. The Morgan fingerprint density at radius 2 is 1.88 bits per heavy atom. The van der Waals surface area contributed by atoms with E-state index in [1.54, 1.807) is 11.3 Å². The summed E-state index contributed by atoms with van der Waals surface area (Å²) < 4.78 is 8.67. The summed E-state index contributed by atoms with van der Waals surface area (Å²) in [5.41, 5.74) is 4.90. The van der Waals surface area contributed by atoms with Crippen molar-refractivity contribution in [1.82, 2.24) is 14.5 Å². The molecule has 0 bridgehead atoms. The number of aryl methyl sites for hydroxylation is 2. The van der Waals surface area contributed by atoms with Crippen LogP contribution < -0.4 is 4.90 Å². The fourth-order valence-electron chi connectivity index (χ4n) is 4.87. The van der Waals surface area contributed by atoms with Crippen molar-refractivity contribution in [3.05, 3.63) is 58.7 Å². The van der Waals surface area contributed by atoms with Crippen molar-refractivity contribution in [2.45, 2.75) is 38.7 Å². The monoisotopic (exact) mass is 460 g/mol. The minimum absolute atomic E-state index is 0.663. The van der Waals surface area contributed by atoms with Crippen LogP contribution in [0.15, 0.2) is 42.7 Å². The number of ether oxygens (including phenoxy) is 1. The molecule has 3 aromatic heterocycles. The van der Waals surface area contributed by atoms with E-state index >= 15 is 0 Å². The summed E-state index contributed by atoms with van der Waals surface area (Å²) in [6, 6.07) is 10.6. The zero-order valence-corrected chi connectivity index (χ0v) is 19.9. The van der Waals surface area contributed by atoms with Gasteiger partial charge in [0.15, 0.2) is 5.82 Å². The normalized spacial score (nSPS) is 18.0. The van der Waals surface area contributed by atoms with Crippen molar-refractivity contribution < 1.29 is 9.84 Å². The molecular weight excluding hydrogens is 432 g/mol. The standard InChI is InChI=1S/C26H28N4O2S/c1-17-5-3-6-19(15-17)20-7-10-30(16-20)25-27-21-18(2)23(26(31)8-4-9-26)33-22(21)24(28-25)29-11-13-32-14-12-29/h3,5-7,10,15-16,31H,4,8-9,11-14H2,1-2H3. The number of hydrogen-bond donors (Lipinski definition) is 1. The van der Waals surface area contributed by atoms with E-state index in [-0.39, 0.29) is 0 Å². The van der Waals surface area contributed by atoms with E-state index < -0.39 is 5.60 Å². The van der Waals surface area contributed by atoms with E-state index in [4.69, 9.17) is 14.7 Å². The molecular formula is C26H28N4O2S. The quantitative estimate of drug-likeness (QED) is 0.466. The molecule has 4 aromatic rings. The minimum Gasteiger partial charge on any atom is -0.384 e. The molecule has 0 atom stereocenters. The number of thiophene rings is 1. The van der Waals surface area contributed by atoms with Gasteiger partial charge in [-0.05, 0) is 55.9 Å². The molecule has 1 aliphatic heterocycles. The molecule has 0 unspecified atom stereocenters. The maximum Gasteiger partial charge on any atom is 0.236 e. The van der Waals surface area contributed by atoms with Gasteiger partial charge in [0, 0.05) is 30.4 Å². The van der Waals surface area contributed by atoms with Crippen LogP contribution in [0.2, 0.25) is 0 Å². The molecule has 1 saturated carbocycles. The molecule has 1 N–H and O–H groups in total. The Hall–Kier alpha value is -2.74. The van der Waals surface area contributed by atoms with Gasteiger partial charge in [-0.3, -0.25) is 4.57 Å². The predicted octanol–water partition coefficient (Wildman–Crippen LogP) is 4.97. The summed E-state index contributed by atoms with van der Waals surface area (Å²) in [7, 11) is 0. The molecule has 33 heavy (non-hydrogen) atoms. The van der Waals surface area contributed by atoms with Crippen LogP contribution >= 0.6 is 11.3 Å². The molecule has 7 heteroatoms. The van der Waals surface area contributed by atoms with Crippen LogP contribution in [0, 0.1) is 13.8 Å². The van der Waals surface area contributed by atoms with Crippen molar-refractivity contribution in [2.75, 3.05) is 31.2 Å². The number of hydrogen-bond acceptors (Lipinski definition) is 6. The van der Waals surface area contributed by atoms with Crippen LogP contribution in [0.25, 0.3) is 27.3 Å². The first-order valence-corrected chi connectivity index (χ1v) is 12.5. The smallest absolute Gasteiger partial charge is 0.236 e. The number of aromatic nitrogens is 3. The fourth-order valence-corrected chi connectivity index (χ4v) is 6.27. The first-order valence-electron chi connectivity index (χ1n) is 11.6. The van der Waals surface area contributed by atoms with Gasteiger partial charge < -0.3 is 14.7 Å². The first kappa shape index (κ1) is 20.8. The van der Waals surface area contributed by atoms with Gasteiger partial charge in [0.1, 0.15) is 0 Å². The molecule has 1 aliphatic carbocycles. The highest BCUT2D eigenvalue weighted by Gasteiger charge is 2.40. The third kappa shape index (κ3) is 3.55. The van der Waals surface area contributed by atoms with Crippen molar-refractivity contribution >= 4 is 27.4 Å². The lowest BCUT2D eigenvalue weighted by Gasteiger charge is -2.36. The summed E-state index contributed by atoms with van der Waals surface area (Å²) in [5, 5.41) is 11.1. The lowest BCUT2D eigenvalue weighted by atomic mass is 9.78. The maximum absolute atomic E-state index is 11.1. The van der Waals surface area contributed by atoms with Crippen molar-refractivity contribution in [3.63, 3.8) is 0 Å². The second-order valence-electron chi connectivity index (χ2n) is 9.24. The zero-order chi connectivity index (χ0) is 22.6. The lowest BCUT2D eigenvalue weighted by Crippen LogP contribution is -2.37. The number of aliphatic hydroxyl groups is 1. The highest BCUT2D eigenvalue weighted by atomic mass is 32.1. The Morgan fingerprint density at radius 1 is 1.06 bits per heavy atom. The summed E-state index contributed by atoms with van der Waals surface area (Å²) in [4.78, 5) is 13.4. The fraction of sp³-hybridized carbons (Fsp3) is 0.385. The Labute approximate surface area is 197 Å². The van der Waals surface area contributed by atoms with Gasteiger partial charge in [-0.25, -0.2) is 4.98 Å². The van der Waals surface area contributed by atoms with Crippen LogP contribution in [0.1, 0.15) is 35.3 Å². The summed E-state index contributed by atoms with van der Waals surface area (Å²) in [5.74, 6) is 1.61. The number of benzene rings is 1. The Morgan fingerprint density at radius 3 is 2.61 bits per heavy atom. The SMILES string of the molecule is Cc1cccc(-c2ccn(-c3nc(N4CCOCC4)c4sc(C5(O)CCC5)c(C)c4n3)c2)c1. The van der Waals surface area contributed by atoms with Gasteiger partial charge in [-0.1, -0.05) is 29.8 Å². The van der Waals surface area contributed by atoms with E-state index in [9.17, 15) is 5.11 Å². The van der Waals surface area contributed by atoms with Crippen molar-refractivity contribution in [3.8, 4) is 17.1 Å².